The summed E-state index contributed by atoms with van der Waals surface area (Å²) in [6, 6.07) is 11.9. The van der Waals surface area contributed by atoms with Crippen molar-refractivity contribution in [2.75, 3.05) is 5.50 Å². The number of rotatable bonds is 6. The van der Waals surface area contributed by atoms with E-state index in [0.29, 0.717) is 17.3 Å². The summed E-state index contributed by atoms with van der Waals surface area (Å²) in [4.78, 5) is 0. The van der Waals surface area contributed by atoms with Gasteiger partial charge in [-0.15, -0.1) is 11.6 Å². The van der Waals surface area contributed by atoms with Crippen molar-refractivity contribution in [3.8, 4) is 0 Å². The monoisotopic (exact) mass is 302 g/mol. The molecule has 1 unspecified atom stereocenters. The molecule has 102 valence electrons. The van der Waals surface area contributed by atoms with Crippen LogP contribution in [0.3, 0.4) is 0 Å². The molecule has 0 saturated carbocycles. The molecule has 0 heterocycles. The maximum absolute atomic E-state index is 6.49. The van der Waals surface area contributed by atoms with Gasteiger partial charge in [0, 0.05) is 5.50 Å². The predicted octanol–water partition coefficient (Wildman–Crippen LogP) is 4.98. The molecule has 0 aliphatic carbocycles. The number of hydrogen-bond acceptors (Lipinski definition) is 0. The van der Waals surface area contributed by atoms with Gasteiger partial charge in [-0.05, 0) is 28.9 Å². The van der Waals surface area contributed by atoms with E-state index in [1.807, 2.05) is 0 Å². The predicted molar refractivity (Wildman–Crippen MR) is 86.3 cm³/mol. The molecule has 0 bridgehead atoms. The fourth-order valence-corrected chi connectivity index (χ4v) is 6.21. The van der Waals surface area contributed by atoms with E-state index in [2.05, 4.69) is 58.0 Å². The summed E-state index contributed by atoms with van der Waals surface area (Å²) >= 11 is 12.5. The lowest BCUT2D eigenvalue weighted by molar-refractivity contribution is 0.244. The Hall–Kier alpha value is 0.0169. The van der Waals surface area contributed by atoms with E-state index in [9.17, 15) is 0 Å². The second kappa shape index (κ2) is 6.98. The van der Waals surface area contributed by atoms with Crippen molar-refractivity contribution in [2.24, 2.45) is 11.8 Å². The van der Waals surface area contributed by atoms with Crippen LogP contribution in [0.5, 0.6) is 0 Å². The Morgan fingerprint density at radius 2 is 1.56 bits per heavy atom. The number of halogens is 2. The number of hydrogen-bond donors (Lipinski definition) is 0. The highest BCUT2D eigenvalue weighted by Crippen LogP contribution is 2.44. The van der Waals surface area contributed by atoms with E-state index in [4.69, 9.17) is 22.7 Å². The third kappa shape index (κ3) is 3.31. The van der Waals surface area contributed by atoms with Crippen molar-refractivity contribution in [3.63, 3.8) is 0 Å². The molecule has 18 heavy (non-hydrogen) atoms. The lowest BCUT2D eigenvalue weighted by Crippen LogP contribution is -2.41. The van der Waals surface area contributed by atoms with Crippen LogP contribution in [0.4, 0.5) is 0 Å². The first-order valence-corrected chi connectivity index (χ1v) is 10.6. The van der Waals surface area contributed by atoms with Crippen molar-refractivity contribution >= 4 is 30.8 Å². The van der Waals surface area contributed by atoms with E-state index in [1.165, 1.54) is 5.56 Å². The first-order valence-electron chi connectivity index (χ1n) is 6.70. The maximum atomic E-state index is 6.49. The van der Waals surface area contributed by atoms with Gasteiger partial charge in [0.1, 0.15) is 0 Å². The third-order valence-electron chi connectivity index (χ3n) is 4.10. The Kier molecular flexibility index (Phi) is 6.23. The molecular weight excluding hydrogens is 279 g/mol. The first kappa shape index (κ1) is 16.1. The van der Waals surface area contributed by atoms with E-state index in [1.54, 1.807) is 0 Å². The molecule has 0 aromatic heterocycles. The quantitative estimate of drug-likeness (QED) is 0.395. The summed E-state index contributed by atoms with van der Waals surface area (Å²) in [7, 11) is -1.35. The van der Waals surface area contributed by atoms with Crippen molar-refractivity contribution in [1.29, 1.82) is 0 Å². The SMILES string of the molecule is CC(C)C(C[SiH](Cl)CCl)(c1ccccc1)C(C)C. The zero-order valence-electron chi connectivity index (χ0n) is 11.8. The zero-order chi connectivity index (χ0) is 13.8. The minimum Gasteiger partial charge on any atom is -0.170 e. The highest BCUT2D eigenvalue weighted by atomic mass is 35.6. The topological polar surface area (TPSA) is 0 Å². The zero-order valence-corrected chi connectivity index (χ0v) is 14.5. The Morgan fingerprint density at radius 1 is 1.06 bits per heavy atom. The summed E-state index contributed by atoms with van der Waals surface area (Å²) in [5.74, 6) is 1.13. The molecule has 3 heteroatoms. The lowest BCUT2D eigenvalue weighted by Gasteiger charge is -2.43. The summed E-state index contributed by atoms with van der Waals surface area (Å²) in [5, 5.41) is 0. The largest absolute Gasteiger partial charge is 0.170 e. The fraction of sp³-hybridized carbons (Fsp3) is 0.600. The molecular formula is C15H24Cl2Si. The highest BCUT2D eigenvalue weighted by molar-refractivity contribution is 7.09. The average molecular weight is 303 g/mol. The van der Waals surface area contributed by atoms with Crippen LogP contribution < -0.4 is 0 Å². The van der Waals surface area contributed by atoms with Crippen LogP contribution >= 0.6 is 22.7 Å². The summed E-state index contributed by atoms with van der Waals surface area (Å²) < 4.78 is 0. The van der Waals surface area contributed by atoms with Crippen LogP contribution in [0.15, 0.2) is 30.3 Å². The van der Waals surface area contributed by atoms with E-state index < -0.39 is 8.11 Å². The molecule has 0 aliphatic rings. The molecule has 0 nitrogen and oxygen atoms in total. The van der Waals surface area contributed by atoms with E-state index in [0.717, 1.165) is 6.04 Å². The summed E-state index contributed by atoms with van der Waals surface area (Å²) in [6.07, 6.45) is 0. The van der Waals surface area contributed by atoms with Crippen LogP contribution in [0.2, 0.25) is 6.04 Å². The Morgan fingerprint density at radius 3 is 1.94 bits per heavy atom. The van der Waals surface area contributed by atoms with E-state index in [-0.39, 0.29) is 5.41 Å². The second-order valence-corrected chi connectivity index (χ2v) is 10.4. The molecule has 0 radical (unpaired) electrons. The standard InChI is InChI=1S/C15H24Cl2Si/c1-12(2)15(13(3)4,10-18(17)11-16)14-8-6-5-7-9-14/h5-9,12-13,18H,10-11H2,1-4H3. The average Bonchev–Trinajstić information content (AvgIpc) is 2.35. The molecule has 1 aromatic rings. The first-order chi connectivity index (χ1) is 8.45. The molecule has 1 aromatic carbocycles. The minimum absolute atomic E-state index is 0.161. The van der Waals surface area contributed by atoms with Crippen molar-refractivity contribution in [2.45, 2.75) is 39.2 Å². The van der Waals surface area contributed by atoms with Crippen molar-refractivity contribution in [3.05, 3.63) is 35.9 Å². The van der Waals surface area contributed by atoms with Gasteiger partial charge >= 0.3 is 0 Å². The van der Waals surface area contributed by atoms with Gasteiger partial charge in [-0.1, -0.05) is 58.0 Å². The van der Waals surface area contributed by atoms with Gasteiger partial charge < -0.3 is 0 Å². The van der Waals surface area contributed by atoms with E-state index >= 15 is 0 Å². The number of alkyl halides is 1. The van der Waals surface area contributed by atoms with Crippen LogP contribution in [-0.2, 0) is 5.41 Å². The van der Waals surface area contributed by atoms with Crippen molar-refractivity contribution < 1.29 is 0 Å². The van der Waals surface area contributed by atoms with Gasteiger partial charge in [0.2, 0.25) is 0 Å². The normalized spacial score (nSPS) is 14.2. The summed E-state index contributed by atoms with van der Waals surface area (Å²) in [6.45, 7) is 9.22. The Bertz CT molecular complexity index is 341. The van der Waals surface area contributed by atoms with Crippen LogP contribution in [0.1, 0.15) is 33.3 Å². The number of benzene rings is 1. The third-order valence-corrected chi connectivity index (χ3v) is 8.07. The Balaban J connectivity index is 3.22. The second-order valence-electron chi connectivity index (χ2n) is 5.67. The van der Waals surface area contributed by atoms with Gasteiger partial charge in [-0.2, -0.15) is 11.1 Å². The molecule has 0 aliphatic heterocycles. The summed E-state index contributed by atoms with van der Waals surface area (Å²) in [5.41, 5.74) is 2.22. The van der Waals surface area contributed by atoms with Gasteiger partial charge in [0.15, 0.2) is 8.11 Å². The molecule has 0 amide bonds. The molecule has 1 atom stereocenters. The molecule has 0 N–H and O–H groups in total. The molecule has 0 saturated heterocycles. The van der Waals surface area contributed by atoms with Crippen LogP contribution in [0, 0.1) is 11.8 Å². The molecule has 0 spiro atoms. The molecule has 0 fully saturated rings. The van der Waals surface area contributed by atoms with Crippen LogP contribution in [0.25, 0.3) is 0 Å². The highest BCUT2D eigenvalue weighted by Gasteiger charge is 2.40. The fourth-order valence-electron chi connectivity index (χ4n) is 3.09. The maximum Gasteiger partial charge on any atom is 0.156 e. The Labute approximate surface area is 123 Å². The van der Waals surface area contributed by atoms with Gasteiger partial charge in [0.25, 0.3) is 0 Å². The lowest BCUT2D eigenvalue weighted by atomic mass is 9.66. The van der Waals surface area contributed by atoms with Gasteiger partial charge in [-0.3, -0.25) is 0 Å². The van der Waals surface area contributed by atoms with Crippen LogP contribution in [-0.4, -0.2) is 13.6 Å². The molecule has 1 rings (SSSR count). The van der Waals surface area contributed by atoms with Gasteiger partial charge in [0.05, 0.1) is 0 Å². The minimum atomic E-state index is -1.35. The van der Waals surface area contributed by atoms with Crippen molar-refractivity contribution in [1.82, 2.24) is 0 Å². The van der Waals surface area contributed by atoms with Gasteiger partial charge in [-0.25, -0.2) is 0 Å². The smallest absolute Gasteiger partial charge is 0.156 e.